The molecule has 0 atom stereocenters. The fourth-order valence-electron chi connectivity index (χ4n) is 2.95. The molecule has 1 aliphatic rings. The van der Waals surface area contributed by atoms with E-state index in [2.05, 4.69) is 0 Å². The van der Waals surface area contributed by atoms with Crippen molar-refractivity contribution in [2.45, 2.75) is 0 Å². The van der Waals surface area contributed by atoms with Gasteiger partial charge in [-0.05, 0) is 47.4 Å². The summed E-state index contributed by atoms with van der Waals surface area (Å²) in [7, 11) is 0. The molecule has 7 heteroatoms. The van der Waals surface area contributed by atoms with E-state index in [1.807, 2.05) is 5.38 Å². The van der Waals surface area contributed by atoms with Crippen molar-refractivity contribution in [3.05, 3.63) is 93.4 Å². The van der Waals surface area contributed by atoms with Crippen molar-refractivity contribution in [2.75, 3.05) is 6.73 Å². The first kappa shape index (κ1) is 18.8. The average Bonchev–Trinajstić information content (AvgIpc) is 3.34. The van der Waals surface area contributed by atoms with Crippen LogP contribution in [0.4, 0.5) is 4.39 Å². The SMILES string of the molecule is O=C(OCN1C(=O)c2ccccc2C1=O)/C(=C/c1ccc(F)cc1)c1cccs1. The van der Waals surface area contributed by atoms with Crippen LogP contribution in [0.25, 0.3) is 11.6 Å². The molecule has 0 radical (unpaired) electrons. The Labute approximate surface area is 169 Å². The first-order valence-electron chi connectivity index (χ1n) is 8.68. The number of esters is 1. The first-order chi connectivity index (χ1) is 14.0. The number of nitrogens with zero attached hydrogens (tertiary/aromatic N) is 1. The molecule has 2 amide bonds. The molecular weight excluding hydrogens is 393 g/mol. The first-order valence-corrected chi connectivity index (χ1v) is 9.56. The molecule has 5 nitrogen and oxygen atoms in total. The fraction of sp³-hybridized carbons (Fsp3) is 0.0455. The summed E-state index contributed by atoms with van der Waals surface area (Å²) < 4.78 is 18.4. The number of carbonyl (C=O) groups is 3. The third kappa shape index (κ3) is 3.72. The lowest BCUT2D eigenvalue weighted by atomic mass is 10.1. The lowest BCUT2D eigenvalue weighted by Gasteiger charge is -2.14. The van der Waals surface area contributed by atoms with Crippen LogP contribution >= 0.6 is 11.3 Å². The minimum atomic E-state index is -0.687. The van der Waals surface area contributed by atoms with Crippen LogP contribution in [0.1, 0.15) is 31.2 Å². The van der Waals surface area contributed by atoms with Crippen LogP contribution < -0.4 is 0 Å². The van der Waals surface area contributed by atoms with E-state index in [4.69, 9.17) is 4.74 Å². The second-order valence-electron chi connectivity index (χ2n) is 6.23. The second kappa shape index (κ2) is 7.81. The minimum absolute atomic E-state index is 0.253. The topological polar surface area (TPSA) is 63.7 Å². The highest BCUT2D eigenvalue weighted by molar-refractivity contribution is 7.11. The highest BCUT2D eigenvalue weighted by Crippen LogP contribution is 2.26. The van der Waals surface area contributed by atoms with Gasteiger partial charge in [0.25, 0.3) is 11.8 Å². The molecule has 2 aromatic carbocycles. The van der Waals surface area contributed by atoms with Crippen LogP contribution in [0.2, 0.25) is 0 Å². The molecule has 0 aliphatic carbocycles. The van der Waals surface area contributed by atoms with Gasteiger partial charge in [0, 0.05) is 4.88 Å². The molecule has 1 aromatic heterocycles. The summed E-state index contributed by atoms with van der Waals surface area (Å²) in [6.07, 6.45) is 1.58. The van der Waals surface area contributed by atoms with Crippen LogP contribution in [-0.4, -0.2) is 29.4 Å². The van der Waals surface area contributed by atoms with Gasteiger partial charge in [0.05, 0.1) is 16.7 Å². The van der Waals surface area contributed by atoms with Crippen LogP contribution in [0.15, 0.2) is 66.0 Å². The van der Waals surface area contributed by atoms with Crippen molar-refractivity contribution in [1.29, 1.82) is 0 Å². The van der Waals surface area contributed by atoms with E-state index in [0.29, 0.717) is 10.4 Å². The van der Waals surface area contributed by atoms with Crippen LogP contribution in [-0.2, 0) is 9.53 Å². The summed E-state index contributed by atoms with van der Waals surface area (Å²) in [5, 5.41) is 1.81. The average molecular weight is 407 g/mol. The molecule has 3 aromatic rings. The Balaban J connectivity index is 1.54. The Kier molecular flexibility index (Phi) is 5.05. The Morgan fingerprint density at radius 1 is 0.966 bits per heavy atom. The highest BCUT2D eigenvalue weighted by Gasteiger charge is 2.36. The molecule has 1 aliphatic heterocycles. The predicted molar refractivity (Wildman–Crippen MR) is 106 cm³/mol. The number of thiophene rings is 1. The number of rotatable bonds is 5. The Bertz CT molecular complexity index is 1080. The zero-order chi connectivity index (χ0) is 20.4. The number of hydrogen-bond donors (Lipinski definition) is 0. The van der Waals surface area contributed by atoms with Crippen molar-refractivity contribution in [3.8, 4) is 0 Å². The van der Waals surface area contributed by atoms with Gasteiger partial charge in [0.2, 0.25) is 0 Å². The summed E-state index contributed by atoms with van der Waals surface area (Å²) in [6, 6.07) is 15.7. The normalized spacial score (nSPS) is 13.6. The summed E-state index contributed by atoms with van der Waals surface area (Å²) in [6.45, 7) is -0.489. The monoisotopic (exact) mass is 407 g/mol. The van der Waals surface area contributed by atoms with Gasteiger partial charge in [-0.25, -0.2) is 14.1 Å². The number of ether oxygens (including phenoxy) is 1. The number of carbonyl (C=O) groups excluding carboxylic acids is 3. The van der Waals surface area contributed by atoms with Gasteiger partial charge >= 0.3 is 5.97 Å². The van der Waals surface area contributed by atoms with E-state index >= 15 is 0 Å². The van der Waals surface area contributed by atoms with E-state index in [0.717, 1.165) is 4.90 Å². The molecule has 0 bridgehead atoms. The molecule has 0 saturated heterocycles. The minimum Gasteiger partial charge on any atom is -0.440 e. The highest BCUT2D eigenvalue weighted by atomic mass is 32.1. The zero-order valence-corrected chi connectivity index (χ0v) is 15.8. The Morgan fingerprint density at radius 3 is 2.21 bits per heavy atom. The Morgan fingerprint density at radius 2 is 1.62 bits per heavy atom. The van der Waals surface area contributed by atoms with Crippen LogP contribution in [0.5, 0.6) is 0 Å². The zero-order valence-electron chi connectivity index (χ0n) is 15.0. The number of halogens is 1. The molecular formula is C22H14FNO4S. The number of imide groups is 1. The lowest BCUT2D eigenvalue weighted by molar-refractivity contribution is -0.139. The van der Waals surface area contributed by atoms with Gasteiger partial charge in [0.1, 0.15) is 5.82 Å². The lowest BCUT2D eigenvalue weighted by Crippen LogP contribution is -2.33. The standard InChI is InChI=1S/C22H14FNO4S/c23-15-9-7-14(8-10-15)12-18(19-6-3-11-29-19)22(27)28-13-24-20(25)16-4-1-2-5-17(16)21(24)26/h1-12H,13H2/b18-12+. The molecule has 0 N–H and O–H groups in total. The summed E-state index contributed by atoms with van der Waals surface area (Å²) >= 11 is 1.34. The van der Waals surface area contributed by atoms with Crippen molar-refractivity contribution < 1.29 is 23.5 Å². The third-order valence-electron chi connectivity index (χ3n) is 4.39. The number of hydrogen-bond acceptors (Lipinski definition) is 5. The molecule has 0 saturated carbocycles. The maximum Gasteiger partial charge on any atom is 0.341 e. The number of fused-ring (bicyclic) bond motifs is 1. The van der Waals surface area contributed by atoms with Gasteiger partial charge in [-0.15, -0.1) is 11.3 Å². The van der Waals surface area contributed by atoms with Crippen LogP contribution in [0, 0.1) is 5.82 Å². The fourth-order valence-corrected chi connectivity index (χ4v) is 3.68. The van der Waals surface area contributed by atoms with E-state index in [1.165, 1.54) is 23.5 Å². The second-order valence-corrected chi connectivity index (χ2v) is 7.18. The van der Waals surface area contributed by atoms with Crippen molar-refractivity contribution in [2.24, 2.45) is 0 Å². The van der Waals surface area contributed by atoms with E-state index in [-0.39, 0.29) is 22.5 Å². The summed E-state index contributed by atoms with van der Waals surface area (Å²) in [5.41, 5.74) is 1.44. The van der Waals surface area contributed by atoms with Gasteiger partial charge in [-0.3, -0.25) is 9.59 Å². The quantitative estimate of drug-likeness (QED) is 0.361. The molecule has 2 heterocycles. The number of benzene rings is 2. The molecule has 29 heavy (non-hydrogen) atoms. The van der Waals surface area contributed by atoms with E-state index in [1.54, 1.807) is 54.6 Å². The molecule has 0 fully saturated rings. The van der Waals surface area contributed by atoms with Crippen molar-refractivity contribution in [1.82, 2.24) is 4.90 Å². The van der Waals surface area contributed by atoms with E-state index in [9.17, 15) is 18.8 Å². The maximum atomic E-state index is 13.2. The Hall–Kier alpha value is -3.58. The van der Waals surface area contributed by atoms with E-state index < -0.39 is 24.5 Å². The van der Waals surface area contributed by atoms with Gasteiger partial charge in [-0.2, -0.15) is 0 Å². The molecule has 4 rings (SSSR count). The van der Waals surface area contributed by atoms with Crippen LogP contribution in [0.3, 0.4) is 0 Å². The summed E-state index contributed by atoms with van der Waals surface area (Å²) in [4.78, 5) is 39.1. The van der Waals surface area contributed by atoms with Crippen molar-refractivity contribution in [3.63, 3.8) is 0 Å². The third-order valence-corrected chi connectivity index (χ3v) is 5.29. The number of amides is 2. The van der Waals surface area contributed by atoms with Gasteiger partial charge < -0.3 is 4.74 Å². The van der Waals surface area contributed by atoms with Gasteiger partial charge in [-0.1, -0.05) is 30.3 Å². The largest absolute Gasteiger partial charge is 0.440 e. The maximum absolute atomic E-state index is 13.2. The predicted octanol–water partition coefficient (Wildman–Crippen LogP) is 4.22. The van der Waals surface area contributed by atoms with Gasteiger partial charge in [0.15, 0.2) is 6.73 Å². The molecule has 0 unspecified atom stereocenters. The van der Waals surface area contributed by atoms with Crippen molar-refractivity contribution >= 4 is 40.8 Å². The molecule has 0 spiro atoms. The smallest absolute Gasteiger partial charge is 0.341 e. The molecule has 144 valence electrons. The summed E-state index contributed by atoms with van der Waals surface area (Å²) in [5.74, 6) is -2.07.